The van der Waals surface area contributed by atoms with Crippen molar-refractivity contribution in [1.82, 2.24) is 10.3 Å². The number of hydrogen-bond acceptors (Lipinski definition) is 3. The number of halogens is 1. The van der Waals surface area contributed by atoms with Gasteiger partial charge in [-0.1, -0.05) is 0 Å². The number of benzene rings is 1. The molecule has 1 saturated carbocycles. The van der Waals surface area contributed by atoms with Crippen LogP contribution in [0.1, 0.15) is 19.3 Å². The van der Waals surface area contributed by atoms with Crippen molar-refractivity contribution in [2.45, 2.75) is 25.3 Å². The summed E-state index contributed by atoms with van der Waals surface area (Å²) >= 11 is 0. The number of likely N-dealkylation sites (tertiary alicyclic amines) is 1. The number of primary amides is 1. The lowest BCUT2D eigenvalue weighted by Crippen LogP contribution is -2.49. The van der Waals surface area contributed by atoms with Crippen molar-refractivity contribution in [3.05, 3.63) is 30.1 Å². The number of carbonyl (C=O) groups excluding carboxylic acids is 2. The van der Waals surface area contributed by atoms with E-state index in [1.807, 2.05) is 0 Å². The number of amides is 3. The van der Waals surface area contributed by atoms with Crippen molar-refractivity contribution in [3.8, 4) is 0 Å². The Kier molecular flexibility index (Phi) is 3.19. The standard InChI is InChI=1S/C14H17FN4O2/c15-9-1-3-10(4-2-9)17-18-12(20)11-7-14(5-6-14)8-19(11)13(16)21/h1-4,11,17H,5-8H2,(H2,16,21)(H,18,20). The molecule has 0 radical (unpaired) electrons. The van der Waals surface area contributed by atoms with Crippen LogP contribution in [0, 0.1) is 11.2 Å². The van der Waals surface area contributed by atoms with E-state index in [9.17, 15) is 14.0 Å². The predicted octanol–water partition coefficient (Wildman–Crippen LogP) is 1.20. The molecule has 7 heteroatoms. The monoisotopic (exact) mass is 292 g/mol. The van der Waals surface area contributed by atoms with Crippen LogP contribution in [-0.2, 0) is 4.79 Å². The van der Waals surface area contributed by atoms with E-state index in [1.165, 1.54) is 29.2 Å². The summed E-state index contributed by atoms with van der Waals surface area (Å²) < 4.78 is 12.8. The summed E-state index contributed by atoms with van der Waals surface area (Å²) in [6.07, 6.45) is 2.71. The van der Waals surface area contributed by atoms with Crippen LogP contribution in [0.15, 0.2) is 24.3 Å². The SMILES string of the molecule is NC(=O)N1CC2(CC2)CC1C(=O)NNc1ccc(F)cc1. The van der Waals surface area contributed by atoms with Gasteiger partial charge >= 0.3 is 6.03 Å². The lowest BCUT2D eigenvalue weighted by Gasteiger charge is -2.22. The largest absolute Gasteiger partial charge is 0.351 e. The minimum Gasteiger partial charge on any atom is -0.351 e. The van der Waals surface area contributed by atoms with E-state index in [0.29, 0.717) is 18.7 Å². The van der Waals surface area contributed by atoms with Gasteiger partial charge in [-0.05, 0) is 48.9 Å². The molecule has 1 saturated heterocycles. The first-order valence-corrected chi connectivity index (χ1v) is 6.87. The van der Waals surface area contributed by atoms with E-state index in [0.717, 1.165) is 12.8 Å². The summed E-state index contributed by atoms with van der Waals surface area (Å²) in [5, 5.41) is 0. The Labute approximate surface area is 121 Å². The maximum atomic E-state index is 12.8. The van der Waals surface area contributed by atoms with E-state index in [2.05, 4.69) is 10.9 Å². The van der Waals surface area contributed by atoms with Crippen LogP contribution in [0.4, 0.5) is 14.9 Å². The second-order valence-corrected chi connectivity index (χ2v) is 5.81. The average Bonchev–Trinajstić information content (AvgIpc) is 3.08. The summed E-state index contributed by atoms with van der Waals surface area (Å²) in [6.45, 7) is 0.553. The molecule has 1 aliphatic heterocycles. The molecule has 1 atom stereocenters. The van der Waals surface area contributed by atoms with Gasteiger partial charge in [0.25, 0.3) is 5.91 Å². The van der Waals surface area contributed by atoms with Crippen LogP contribution in [-0.4, -0.2) is 29.4 Å². The van der Waals surface area contributed by atoms with Crippen molar-refractivity contribution in [2.75, 3.05) is 12.0 Å². The lowest BCUT2D eigenvalue weighted by molar-refractivity contribution is -0.124. The minimum atomic E-state index is -0.569. The fourth-order valence-electron chi connectivity index (χ4n) is 2.81. The van der Waals surface area contributed by atoms with Crippen molar-refractivity contribution in [3.63, 3.8) is 0 Å². The molecule has 1 aliphatic carbocycles. The molecule has 1 aromatic carbocycles. The van der Waals surface area contributed by atoms with Gasteiger partial charge in [0.1, 0.15) is 11.9 Å². The molecule has 0 bridgehead atoms. The molecule has 2 fully saturated rings. The Morgan fingerprint density at radius 2 is 1.95 bits per heavy atom. The lowest BCUT2D eigenvalue weighted by atomic mass is 10.0. The second-order valence-electron chi connectivity index (χ2n) is 5.81. The van der Waals surface area contributed by atoms with E-state index >= 15 is 0 Å². The summed E-state index contributed by atoms with van der Waals surface area (Å²) in [5.74, 6) is -0.653. The zero-order valence-corrected chi connectivity index (χ0v) is 11.4. The molecule has 0 aromatic heterocycles. The molecule has 6 nitrogen and oxygen atoms in total. The van der Waals surface area contributed by atoms with Gasteiger partial charge in [0, 0.05) is 6.54 Å². The highest BCUT2D eigenvalue weighted by Gasteiger charge is 2.54. The first-order valence-electron chi connectivity index (χ1n) is 6.87. The molecule has 21 heavy (non-hydrogen) atoms. The fourth-order valence-corrected chi connectivity index (χ4v) is 2.81. The normalized spacial score (nSPS) is 22.1. The molecule has 3 rings (SSSR count). The van der Waals surface area contributed by atoms with Gasteiger partial charge in [0.05, 0.1) is 5.69 Å². The van der Waals surface area contributed by atoms with Gasteiger partial charge in [0.2, 0.25) is 0 Å². The van der Waals surface area contributed by atoms with Crippen molar-refractivity contribution < 1.29 is 14.0 Å². The molecule has 112 valence electrons. The smallest absolute Gasteiger partial charge is 0.315 e. The number of carbonyl (C=O) groups is 2. The Balaban J connectivity index is 1.61. The third kappa shape index (κ3) is 2.76. The van der Waals surface area contributed by atoms with Crippen molar-refractivity contribution in [1.29, 1.82) is 0 Å². The predicted molar refractivity (Wildman–Crippen MR) is 74.5 cm³/mol. The van der Waals surface area contributed by atoms with Crippen molar-refractivity contribution >= 4 is 17.6 Å². The van der Waals surface area contributed by atoms with Crippen LogP contribution >= 0.6 is 0 Å². The third-order valence-electron chi connectivity index (χ3n) is 4.23. The molecule has 1 unspecified atom stereocenters. The van der Waals surface area contributed by atoms with Gasteiger partial charge in [-0.2, -0.15) is 0 Å². The van der Waals surface area contributed by atoms with Gasteiger partial charge in [-0.25, -0.2) is 9.18 Å². The highest BCUT2D eigenvalue weighted by molar-refractivity contribution is 5.88. The van der Waals surface area contributed by atoms with Crippen LogP contribution in [0.5, 0.6) is 0 Å². The number of hydrogen-bond donors (Lipinski definition) is 3. The average molecular weight is 292 g/mol. The van der Waals surface area contributed by atoms with Gasteiger partial charge in [-0.15, -0.1) is 0 Å². The fraction of sp³-hybridized carbons (Fsp3) is 0.429. The third-order valence-corrected chi connectivity index (χ3v) is 4.23. The van der Waals surface area contributed by atoms with Gasteiger partial charge in [0.15, 0.2) is 0 Å². The summed E-state index contributed by atoms with van der Waals surface area (Å²) in [7, 11) is 0. The molecule has 1 aromatic rings. The second kappa shape index (κ2) is 4.91. The highest BCUT2D eigenvalue weighted by atomic mass is 19.1. The van der Waals surface area contributed by atoms with Gasteiger partial charge in [-0.3, -0.25) is 15.6 Å². The van der Waals surface area contributed by atoms with E-state index in [1.54, 1.807) is 0 Å². The molecule has 2 aliphatic rings. The van der Waals surface area contributed by atoms with E-state index < -0.39 is 12.1 Å². The minimum absolute atomic E-state index is 0.0902. The van der Waals surface area contributed by atoms with Gasteiger partial charge < -0.3 is 10.6 Å². The number of urea groups is 1. The van der Waals surface area contributed by atoms with Crippen LogP contribution in [0.3, 0.4) is 0 Å². The molecule has 1 heterocycles. The number of rotatable bonds is 3. The summed E-state index contributed by atoms with van der Waals surface area (Å²) in [5.41, 5.74) is 11.3. The zero-order valence-electron chi connectivity index (χ0n) is 11.4. The zero-order chi connectivity index (χ0) is 15.0. The molecular weight excluding hydrogens is 275 g/mol. The molecular formula is C14H17FN4O2. The molecule has 3 amide bonds. The summed E-state index contributed by atoms with van der Waals surface area (Å²) in [4.78, 5) is 25.1. The maximum Gasteiger partial charge on any atom is 0.315 e. The van der Waals surface area contributed by atoms with E-state index in [4.69, 9.17) is 5.73 Å². The Morgan fingerprint density at radius 3 is 2.52 bits per heavy atom. The Morgan fingerprint density at radius 1 is 1.29 bits per heavy atom. The number of nitrogens with two attached hydrogens (primary N) is 1. The number of nitrogens with zero attached hydrogens (tertiary/aromatic N) is 1. The Hall–Kier alpha value is -2.31. The topological polar surface area (TPSA) is 87.5 Å². The maximum absolute atomic E-state index is 12.8. The first kappa shape index (κ1) is 13.7. The van der Waals surface area contributed by atoms with Crippen molar-refractivity contribution in [2.24, 2.45) is 11.1 Å². The number of hydrazine groups is 1. The van der Waals surface area contributed by atoms with Crippen LogP contribution in [0.25, 0.3) is 0 Å². The van der Waals surface area contributed by atoms with E-state index in [-0.39, 0.29) is 17.1 Å². The van der Waals surface area contributed by atoms with Crippen LogP contribution < -0.4 is 16.6 Å². The number of nitrogens with one attached hydrogen (secondary N) is 2. The molecule has 1 spiro atoms. The molecule has 4 N–H and O–H groups in total. The highest BCUT2D eigenvalue weighted by Crippen LogP contribution is 2.54. The summed E-state index contributed by atoms with van der Waals surface area (Å²) in [6, 6.07) is 4.49. The van der Waals surface area contributed by atoms with Crippen LogP contribution in [0.2, 0.25) is 0 Å². The first-order chi connectivity index (χ1) is 9.99. The Bertz CT molecular complexity index is 571. The quantitative estimate of drug-likeness (QED) is 0.732. The number of anilines is 1.